The smallest absolute Gasteiger partial charge is 0.132 e. The van der Waals surface area contributed by atoms with E-state index in [4.69, 9.17) is 4.74 Å². The summed E-state index contributed by atoms with van der Waals surface area (Å²) >= 11 is 0. The van der Waals surface area contributed by atoms with Gasteiger partial charge in [-0.2, -0.15) is 0 Å². The van der Waals surface area contributed by atoms with Crippen LogP contribution in [-0.2, 0) is 11.3 Å². The third-order valence-electron chi connectivity index (χ3n) is 2.94. The average Bonchev–Trinajstić information content (AvgIpc) is 2.39. The monoisotopic (exact) mass is 265 g/mol. The van der Waals surface area contributed by atoms with Gasteiger partial charge in [-0.25, -0.2) is 4.98 Å². The van der Waals surface area contributed by atoms with Crippen LogP contribution in [-0.4, -0.2) is 38.8 Å². The normalized spacial score (nSPS) is 11.0. The van der Waals surface area contributed by atoms with E-state index in [1.807, 2.05) is 12.3 Å². The quantitative estimate of drug-likeness (QED) is 0.695. The van der Waals surface area contributed by atoms with Crippen LogP contribution in [0.25, 0.3) is 0 Å². The Morgan fingerprint density at radius 1 is 1.42 bits per heavy atom. The molecule has 0 aliphatic heterocycles. The fraction of sp³-hybridized carbons (Fsp3) is 0.667. The molecule has 0 aliphatic carbocycles. The number of aromatic nitrogens is 1. The van der Waals surface area contributed by atoms with Crippen molar-refractivity contribution in [2.45, 2.75) is 26.8 Å². The Bertz CT molecular complexity index is 355. The number of rotatable bonds is 9. The summed E-state index contributed by atoms with van der Waals surface area (Å²) in [5.41, 5.74) is 1.25. The van der Waals surface area contributed by atoms with Crippen molar-refractivity contribution in [1.82, 2.24) is 10.3 Å². The molecule has 0 saturated heterocycles. The van der Waals surface area contributed by atoms with Crippen LogP contribution in [0.5, 0.6) is 0 Å². The first-order chi connectivity index (χ1) is 9.15. The highest BCUT2D eigenvalue weighted by molar-refractivity contribution is 5.45. The molecule has 0 aliphatic rings. The van der Waals surface area contributed by atoms with E-state index in [1.165, 1.54) is 5.56 Å². The number of hydrogen-bond donors (Lipinski definition) is 1. The van der Waals surface area contributed by atoms with Crippen molar-refractivity contribution in [3.8, 4) is 0 Å². The Morgan fingerprint density at radius 2 is 2.21 bits per heavy atom. The Morgan fingerprint density at radius 3 is 2.89 bits per heavy atom. The van der Waals surface area contributed by atoms with Gasteiger partial charge in [0.1, 0.15) is 5.82 Å². The number of methoxy groups -OCH3 is 1. The standard InChI is InChI=1S/C15H27N3O/c1-13(2)11-16-12-14-7-5-8-17-15(14)18(3)9-6-10-19-4/h5,7-8,13,16H,6,9-12H2,1-4H3. The van der Waals surface area contributed by atoms with E-state index >= 15 is 0 Å². The van der Waals surface area contributed by atoms with Gasteiger partial charge in [-0.1, -0.05) is 19.9 Å². The van der Waals surface area contributed by atoms with Gasteiger partial charge in [-0.15, -0.1) is 0 Å². The second-order valence-corrected chi connectivity index (χ2v) is 5.28. The lowest BCUT2D eigenvalue weighted by atomic mass is 10.2. The molecule has 0 amide bonds. The first kappa shape index (κ1) is 15.9. The van der Waals surface area contributed by atoms with Crippen LogP contribution in [0.2, 0.25) is 0 Å². The van der Waals surface area contributed by atoms with Crippen molar-refractivity contribution in [2.24, 2.45) is 5.92 Å². The van der Waals surface area contributed by atoms with E-state index < -0.39 is 0 Å². The summed E-state index contributed by atoms with van der Waals surface area (Å²) in [5, 5.41) is 3.47. The lowest BCUT2D eigenvalue weighted by molar-refractivity contribution is 0.196. The summed E-state index contributed by atoms with van der Waals surface area (Å²) in [7, 11) is 3.83. The zero-order valence-corrected chi connectivity index (χ0v) is 12.6. The highest BCUT2D eigenvalue weighted by Crippen LogP contribution is 2.15. The van der Waals surface area contributed by atoms with Gasteiger partial charge in [-0.05, 0) is 24.9 Å². The van der Waals surface area contributed by atoms with Crippen molar-refractivity contribution in [3.63, 3.8) is 0 Å². The van der Waals surface area contributed by atoms with E-state index in [2.05, 4.69) is 42.2 Å². The van der Waals surface area contributed by atoms with Gasteiger partial charge in [-0.3, -0.25) is 0 Å². The van der Waals surface area contributed by atoms with Crippen LogP contribution in [0.1, 0.15) is 25.8 Å². The molecule has 0 radical (unpaired) electrons. The minimum absolute atomic E-state index is 0.666. The maximum Gasteiger partial charge on any atom is 0.132 e. The fourth-order valence-corrected chi connectivity index (χ4v) is 1.96. The highest BCUT2D eigenvalue weighted by atomic mass is 16.5. The van der Waals surface area contributed by atoms with Crippen LogP contribution in [0.3, 0.4) is 0 Å². The maximum absolute atomic E-state index is 5.09. The predicted molar refractivity (Wildman–Crippen MR) is 80.5 cm³/mol. The van der Waals surface area contributed by atoms with Gasteiger partial charge in [0.2, 0.25) is 0 Å². The molecular weight excluding hydrogens is 238 g/mol. The molecule has 108 valence electrons. The van der Waals surface area contributed by atoms with Crippen LogP contribution in [0, 0.1) is 5.92 Å². The molecule has 19 heavy (non-hydrogen) atoms. The van der Waals surface area contributed by atoms with E-state index in [9.17, 15) is 0 Å². The molecule has 0 bridgehead atoms. The number of anilines is 1. The Balaban J connectivity index is 2.56. The summed E-state index contributed by atoms with van der Waals surface area (Å²) in [5.74, 6) is 1.73. The van der Waals surface area contributed by atoms with Gasteiger partial charge in [0.15, 0.2) is 0 Å². The molecule has 1 N–H and O–H groups in total. The van der Waals surface area contributed by atoms with Gasteiger partial charge in [0.05, 0.1) is 0 Å². The fourth-order valence-electron chi connectivity index (χ4n) is 1.96. The number of nitrogens with zero attached hydrogens (tertiary/aromatic N) is 2. The molecular formula is C15H27N3O. The van der Waals surface area contributed by atoms with Crippen molar-refractivity contribution in [1.29, 1.82) is 0 Å². The summed E-state index contributed by atoms with van der Waals surface area (Å²) < 4.78 is 5.09. The van der Waals surface area contributed by atoms with Gasteiger partial charge < -0.3 is 15.0 Å². The first-order valence-electron chi connectivity index (χ1n) is 6.99. The van der Waals surface area contributed by atoms with Crippen molar-refractivity contribution < 1.29 is 4.74 Å². The molecule has 1 heterocycles. The van der Waals surface area contributed by atoms with Gasteiger partial charge >= 0.3 is 0 Å². The Labute approximate surface area is 117 Å². The molecule has 0 fully saturated rings. The number of nitrogens with one attached hydrogen (secondary N) is 1. The third-order valence-corrected chi connectivity index (χ3v) is 2.94. The highest BCUT2D eigenvalue weighted by Gasteiger charge is 2.08. The summed E-state index contributed by atoms with van der Waals surface area (Å²) in [6.07, 6.45) is 2.87. The summed E-state index contributed by atoms with van der Waals surface area (Å²) in [6.45, 7) is 8.08. The molecule has 1 rings (SSSR count). The SMILES string of the molecule is COCCCN(C)c1ncccc1CNCC(C)C. The zero-order chi connectivity index (χ0) is 14.1. The minimum atomic E-state index is 0.666. The van der Waals surface area contributed by atoms with Crippen LogP contribution < -0.4 is 10.2 Å². The van der Waals surface area contributed by atoms with Crippen LogP contribution in [0.15, 0.2) is 18.3 Å². The van der Waals surface area contributed by atoms with Crippen molar-refractivity contribution >= 4 is 5.82 Å². The molecule has 1 aromatic rings. The van der Waals surface area contributed by atoms with Gasteiger partial charge in [0.25, 0.3) is 0 Å². The van der Waals surface area contributed by atoms with Crippen molar-refractivity contribution in [3.05, 3.63) is 23.9 Å². The number of ether oxygens (including phenoxy) is 1. The maximum atomic E-state index is 5.09. The number of hydrogen-bond acceptors (Lipinski definition) is 4. The van der Waals surface area contributed by atoms with E-state index in [0.29, 0.717) is 5.92 Å². The summed E-state index contributed by atoms with van der Waals surface area (Å²) in [6, 6.07) is 4.14. The molecule has 4 heteroatoms. The Hall–Kier alpha value is -1.13. The van der Waals surface area contributed by atoms with E-state index in [1.54, 1.807) is 7.11 Å². The van der Waals surface area contributed by atoms with Crippen LogP contribution >= 0.6 is 0 Å². The largest absolute Gasteiger partial charge is 0.385 e. The lowest BCUT2D eigenvalue weighted by Crippen LogP contribution is -2.25. The summed E-state index contributed by atoms with van der Waals surface area (Å²) in [4.78, 5) is 6.70. The molecule has 0 spiro atoms. The van der Waals surface area contributed by atoms with E-state index in [0.717, 1.165) is 38.5 Å². The first-order valence-corrected chi connectivity index (χ1v) is 6.99. The third kappa shape index (κ3) is 6.03. The predicted octanol–water partition coefficient (Wildman–Crippen LogP) is 2.30. The topological polar surface area (TPSA) is 37.4 Å². The number of pyridine rings is 1. The lowest BCUT2D eigenvalue weighted by Gasteiger charge is -2.21. The van der Waals surface area contributed by atoms with Crippen LogP contribution in [0.4, 0.5) is 5.82 Å². The molecule has 0 unspecified atom stereocenters. The van der Waals surface area contributed by atoms with E-state index in [-0.39, 0.29) is 0 Å². The average molecular weight is 265 g/mol. The molecule has 4 nitrogen and oxygen atoms in total. The zero-order valence-electron chi connectivity index (χ0n) is 12.6. The second kappa shape index (κ2) is 8.88. The molecule has 0 saturated carbocycles. The Kier molecular flexibility index (Phi) is 7.45. The molecule has 0 aromatic carbocycles. The minimum Gasteiger partial charge on any atom is -0.385 e. The second-order valence-electron chi connectivity index (χ2n) is 5.28. The molecule has 0 atom stereocenters. The van der Waals surface area contributed by atoms with Crippen molar-refractivity contribution in [2.75, 3.05) is 38.8 Å². The molecule has 1 aromatic heterocycles. The van der Waals surface area contributed by atoms with Gasteiger partial charge in [0, 0.05) is 45.6 Å².